The molecule has 0 unspecified atom stereocenters. The first-order valence-corrected chi connectivity index (χ1v) is 8.72. The van der Waals surface area contributed by atoms with Gasteiger partial charge in [0, 0.05) is 44.5 Å². The summed E-state index contributed by atoms with van der Waals surface area (Å²) < 4.78 is 7.49. The normalized spacial score (nSPS) is 24.2. The van der Waals surface area contributed by atoms with Crippen LogP contribution in [0.15, 0.2) is 12.4 Å². The molecule has 1 amide bonds. The van der Waals surface area contributed by atoms with E-state index in [-0.39, 0.29) is 18.1 Å². The van der Waals surface area contributed by atoms with Gasteiger partial charge in [-0.3, -0.25) is 4.79 Å². The minimum Gasteiger partial charge on any atom is -0.364 e. The molecule has 2 N–H and O–H groups in total. The van der Waals surface area contributed by atoms with Gasteiger partial charge in [0.05, 0.1) is 6.10 Å². The van der Waals surface area contributed by atoms with Gasteiger partial charge in [-0.2, -0.15) is 14.6 Å². The third-order valence-corrected chi connectivity index (χ3v) is 4.92. The van der Waals surface area contributed by atoms with Crippen molar-refractivity contribution in [3.63, 3.8) is 0 Å². The van der Waals surface area contributed by atoms with Crippen LogP contribution in [0, 0.1) is 6.92 Å². The van der Waals surface area contributed by atoms with Crippen LogP contribution in [0.5, 0.6) is 0 Å². The molecule has 2 aromatic rings. The quantitative estimate of drug-likeness (QED) is 0.806. The van der Waals surface area contributed by atoms with Crippen LogP contribution in [-0.4, -0.2) is 75.3 Å². The van der Waals surface area contributed by atoms with Crippen molar-refractivity contribution in [3.8, 4) is 0 Å². The fourth-order valence-electron chi connectivity index (χ4n) is 3.56. The number of piperazine rings is 1. The lowest BCUT2D eigenvalue weighted by Gasteiger charge is -2.36. The molecule has 134 valence electrons. The topological polar surface area (TPSA) is 102 Å². The van der Waals surface area contributed by atoms with E-state index in [2.05, 4.69) is 20.0 Å². The molecule has 2 saturated heterocycles. The van der Waals surface area contributed by atoms with Crippen molar-refractivity contribution in [2.24, 2.45) is 5.73 Å². The molecule has 25 heavy (non-hydrogen) atoms. The predicted octanol–water partition coefficient (Wildman–Crippen LogP) is -0.412. The molecule has 2 aliphatic heterocycles. The maximum Gasteiger partial charge on any atom is 0.254 e. The zero-order valence-electron chi connectivity index (χ0n) is 14.3. The summed E-state index contributed by atoms with van der Waals surface area (Å²) in [5.41, 5.74) is 6.53. The number of nitrogens with zero attached hydrogens (tertiary/aromatic N) is 6. The van der Waals surface area contributed by atoms with Gasteiger partial charge in [0.2, 0.25) is 0 Å². The van der Waals surface area contributed by atoms with Crippen LogP contribution in [-0.2, 0) is 9.53 Å². The molecule has 2 fully saturated rings. The van der Waals surface area contributed by atoms with Gasteiger partial charge < -0.3 is 20.3 Å². The van der Waals surface area contributed by atoms with E-state index in [9.17, 15) is 4.79 Å². The molecule has 0 aliphatic carbocycles. The molecule has 0 aromatic carbocycles. The number of carbonyl (C=O) groups excluding carboxylic acids is 1. The minimum atomic E-state index is -0.328. The molecule has 2 atom stereocenters. The Balaban J connectivity index is 1.43. The number of ether oxygens (including phenoxy) is 1. The summed E-state index contributed by atoms with van der Waals surface area (Å²) in [5, 5.41) is 4.26. The molecule has 0 radical (unpaired) electrons. The molecular weight excluding hydrogens is 322 g/mol. The second-order valence-corrected chi connectivity index (χ2v) is 6.60. The van der Waals surface area contributed by atoms with Gasteiger partial charge in [0.1, 0.15) is 18.2 Å². The highest BCUT2D eigenvalue weighted by molar-refractivity contribution is 5.81. The maximum absolute atomic E-state index is 12.6. The van der Waals surface area contributed by atoms with E-state index in [0.717, 1.165) is 37.4 Å². The van der Waals surface area contributed by atoms with Gasteiger partial charge in [0.25, 0.3) is 11.7 Å². The van der Waals surface area contributed by atoms with Gasteiger partial charge >= 0.3 is 0 Å². The standard InChI is InChI=1S/C16H23N7O2/c1-11-8-14(23-16(20-11)18-10-19-23)21-4-6-22(7-5-21)15(24)13-3-2-12(9-17)25-13/h8,10,12-13H,2-7,9,17H2,1H3/t12-,13+/m1/s1. The van der Waals surface area contributed by atoms with E-state index in [4.69, 9.17) is 10.5 Å². The van der Waals surface area contributed by atoms with Crippen LogP contribution in [0.1, 0.15) is 18.5 Å². The molecular formula is C16H23N7O2. The van der Waals surface area contributed by atoms with Crippen molar-refractivity contribution in [2.45, 2.75) is 32.0 Å². The number of carbonyl (C=O) groups is 1. The van der Waals surface area contributed by atoms with E-state index < -0.39 is 0 Å². The third-order valence-electron chi connectivity index (χ3n) is 4.92. The second-order valence-electron chi connectivity index (χ2n) is 6.60. The van der Waals surface area contributed by atoms with Crippen LogP contribution in [0.3, 0.4) is 0 Å². The summed E-state index contributed by atoms with van der Waals surface area (Å²) in [7, 11) is 0. The molecule has 9 heteroatoms. The average molecular weight is 345 g/mol. The molecule has 2 aliphatic rings. The molecule has 0 spiro atoms. The fraction of sp³-hybridized carbons (Fsp3) is 0.625. The third kappa shape index (κ3) is 3.05. The van der Waals surface area contributed by atoms with E-state index in [1.165, 1.54) is 6.33 Å². The number of hydrogen-bond donors (Lipinski definition) is 1. The maximum atomic E-state index is 12.6. The number of amides is 1. The zero-order valence-corrected chi connectivity index (χ0v) is 14.3. The summed E-state index contributed by atoms with van der Waals surface area (Å²) in [6.45, 7) is 5.26. The van der Waals surface area contributed by atoms with E-state index >= 15 is 0 Å². The SMILES string of the molecule is Cc1cc(N2CCN(C(=O)[C@@H]3CC[C@H](CN)O3)CC2)n2ncnc2n1. The number of anilines is 1. The van der Waals surface area contributed by atoms with Crippen molar-refractivity contribution in [1.29, 1.82) is 0 Å². The lowest BCUT2D eigenvalue weighted by Crippen LogP contribution is -2.52. The van der Waals surface area contributed by atoms with Crippen molar-refractivity contribution in [2.75, 3.05) is 37.6 Å². The Kier molecular flexibility index (Phi) is 4.26. The van der Waals surface area contributed by atoms with Crippen molar-refractivity contribution in [1.82, 2.24) is 24.5 Å². The minimum absolute atomic E-state index is 0.0237. The highest BCUT2D eigenvalue weighted by Gasteiger charge is 2.34. The number of fused-ring (bicyclic) bond motifs is 1. The summed E-state index contributed by atoms with van der Waals surface area (Å²) in [6, 6.07) is 2.01. The van der Waals surface area contributed by atoms with Crippen molar-refractivity contribution >= 4 is 17.5 Å². The number of aryl methyl sites for hydroxylation is 1. The lowest BCUT2D eigenvalue weighted by atomic mass is 10.1. The van der Waals surface area contributed by atoms with Crippen LogP contribution < -0.4 is 10.6 Å². The molecule has 2 aromatic heterocycles. The second kappa shape index (κ2) is 6.57. The highest BCUT2D eigenvalue weighted by atomic mass is 16.5. The van der Waals surface area contributed by atoms with Gasteiger partial charge in [-0.05, 0) is 19.8 Å². The van der Waals surface area contributed by atoms with Crippen LogP contribution in [0.4, 0.5) is 5.82 Å². The smallest absolute Gasteiger partial charge is 0.254 e. The Morgan fingerprint density at radius 3 is 2.84 bits per heavy atom. The summed E-state index contributed by atoms with van der Waals surface area (Å²) in [4.78, 5) is 25.3. The van der Waals surface area contributed by atoms with Crippen LogP contribution in [0.25, 0.3) is 5.78 Å². The predicted molar refractivity (Wildman–Crippen MR) is 91.3 cm³/mol. The molecule has 4 rings (SSSR count). The Hall–Kier alpha value is -2.26. The first-order valence-electron chi connectivity index (χ1n) is 8.72. The van der Waals surface area contributed by atoms with Crippen molar-refractivity contribution in [3.05, 3.63) is 18.1 Å². The van der Waals surface area contributed by atoms with Gasteiger partial charge in [-0.1, -0.05) is 0 Å². The number of rotatable bonds is 3. The molecule has 0 bridgehead atoms. The van der Waals surface area contributed by atoms with E-state index in [1.54, 1.807) is 4.52 Å². The summed E-state index contributed by atoms with van der Waals surface area (Å²) >= 11 is 0. The van der Waals surface area contributed by atoms with Crippen LogP contribution in [0.2, 0.25) is 0 Å². The molecule has 0 saturated carbocycles. The first-order chi connectivity index (χ1) is 12.2. The Morgan fingerprint density at radius 1 is 1.32 bits per heavy atom. The highest BCUT2D eigenvalue weighted by Crippen LogP contribution is 2.23. The van der Waals surface area contributed by atoms with E-state index in [0.29, 0.717) is 25.4 Å². The largest absolute Gasteiger partial charge is 0.364 e. The lowest BCUT2D eigenvalue weighted by molar-refractivity contribution is -0.143. The van der Waals surface area contributed by atoms with Gasteiger partial charge in [-0.25, -0.2) is 4.98 Å². The monoisotopic (exact) mass is 345 g/mol. The van der Waals surface area contributed by atoms with E-state index in [1.807, 2.05) is 17.9 Å². The Labute approximate surface area is 145 Å². The average Bonchev–Trinajstić information content (AvgIpc) is 3.29. The van der Waals surface area contributed by atoms with Gasteiger partial charge in [0.15, 0.2) is 0 Å². The van der Waals surface area contributed by atoms with Gasteiger partial charge in [-0.15, -0.1) is 0 Å². The number of hydrogen-bond acceptors (Lipinski definition) is 7. The number of nitrogens with two attached hydrogens (primary N) is 1. The van der Waals surface area contributed by atoms with Crippen molar-refractivity contribution < 1.29 is 9.53 Å². The van der Waals surface area contributed by atoms with Crippen LogP contribution >= 0.6 is 0 Å². The Morgan fingerprint density at radius 2 is 2.12 bits per heavy atom. The zero-order chi connectivity index (χ0) is 17.4. The first kappa shape index (κ1) is 16.2. The number of aromatic nitrogens is 4. The fourth-order valence-corrected chi connectivity index (χ4v) is 3.56. The summed E-state index contributed by atoms with van der Waals surface area (Å²) in [6.07, 6.45) is 2.84. The summed E-state index contributed by atoms with van der Waals surface area (Å²) in [5.74, 6) is 1.65. The molecule has 9 nitrogen and oxygen atoms in total. The Bertz CT molecular complexity index is 769. The molecule has 4 heterocycles.